The third kappa shape index (κ3) is 3.34. The third-order valence-corrected chi connectivity index (χ3v) is 4.68. The van der Waals surface area contributed by atoms with Crippen molar-refractivity contribution in [2.75, 3.05) is 6.54 Å². The smallest absolute Gasteiger partial charge is 0.276 e. The van der Waals surface area contributed by atoms with E-state index in [9.17, 15) is 4.79 Å². The molecule has 3 aromatic heterocycles. The number of carbonyl (C=O) groups excluding carboxylic acids is 1. The van der Waals surface area contributed by atoms with E-state index >= 15 is 0 Å². The van der Waals surface area contributed by atoms with Gasteiger partial charge in [0.25, 0.3) is 5.91 Å². The summed E-state index contributed by atoms with van der Waals surface area (Å²) < 4.78 is 10.2. The number of aromatic nitrogens is 4. The van der Waals surface area contributed by atoms with E-state index in [1.54, 1.807) is 11.0 Å². The zero-order chi connectivity index (χ0) is 19.0. The molecule has 27 heavy (non-hydrogen) atoms. The van der Waals surface area contributed by atoms with Gasteiger partial charge in [-0.25, -0.2) is 0 Å². The van der Waals surface area contributed by atoms with Crippen LogP contribution in [0, 0.1) is 12.8 Å². The average Bonchev–Trinajstić information content (AvgIpc) is 3.32. The molecule has 0 aliphatic carbocycles. The molecule has 0 fully saturated rings. The third-order valence-electron chi connectivity index (χ3n) is 4.68. The fourth-order valence-corrected chi connectivity index (χ4v) is 3.39. The second-order valence-electron chi connectivity index (χ2n) is 7.19. The molecule has 3 aromatic rings. The Bertz CT molecular complexity index is 962. The first-order valence-electron chi connectivity index (χ1n) is 9.03. The van der Waals surface area contributed by atoms with Crippen molar-refractivity contribution in [1.82, 2.24) is 25.2 Å². The number of carbonyl (C=O) groups is 1. The van der Waals surface area contributed by atoms with Gasteiger partial charge >= 0.3 is 0 Å². The molecule has 8 heteroatoms. The van der Waals surface area contributed by atoms with E-state index in [1.165, 1.54) is 6.26 Å². The standard InChI is InChI=1S/C19H21N5O3/c1-11(2)8-16-21-18(23-27-16)17-12(3)20-9-13-10-24(6-4-14(13)17)19(25)15-5-7-26-22-15/h5,7,9,11H,4,6,8,10H2,1-3H3. The second-order valence-corrected chi connectivity index (χ2v) is 7.19. The molecular weight excluding hydrogens is 346 g/mol. The molecule has 0 spiro atoms. The van der Waals surface area contributed by atoms with Gasteiger partial charge in [-0.3, -0.25) is 9.78 Å². The highest BCUT2D eigenvalue weighted by Crippen LogP contribution is 2.31. The Morgan fingerprint density at radius 2 is 2.19 bits per heavy atom. The van der Waals surface area contributed by atoms with Crippen LogP contribution in [0.3, 0.4) is 0 Å². The number of pyridine rings is 1. The van der Waals surface area contributed by atoms with Crippen molar-refractivity contribution in [3.63, 3.8) is 0 Å². The monoisotopic (exact) mass is 367 g/mol. The summed E-state index contributed by atoms with van der Waals surface area (Å²) in [6.07, 6.45) is 4.67. The molecule has 4 rings (SSSR count). The first-order chi connectivity index (χ1) is 13.0. The number of rotatable bonds is 4. The van der Waals surface area contributed by atoms with Gasteiger partial charge in [-0.1, -0.05) is 24.2 Å². The van der Waals surface area contributed by atoms with Crippen molar-refractivity contribution in [2.24, 2.45) is 5.92 Å². The fourth-order valence-electron chi connectivity index (χ4n) is 3.39. The molecule has 1 aliphatic rings. The molecule has 0 saturated carbocycles. The Kier molecular flexibility index (Phi) is 4.47. The number of nitrogens with zero attached hydrogens (tertiary/aromatic N) is 5. The molecule has 140 valence electrons. The van der Waals surface area contributed by atoms with E-state index in [0.29, 0.717) is 42.8 Å². The van der Waals surface area contributed by atoms with Crippen molar-refractivity contribution < 1.29 is 13.8 Å². The summed E-state index contributed by atoms with van der Waals surface area (Å²) in [7, 11) is 0. The lowest BCUT2D eigenvalue weighted by Crippen LogP contribution is -2.36. The summed E-state index contributed by atoms with van der Waals surface area (Å²) >= 11 is 0. The van der Waals surface area contributed by atoms with E-state index in [-0.39, 0.29) is 5.91 Å². The quantitative estimate of drug-likeness (QED) is 0.699. The fraction of sp³-hybridized carbons (Fsp3) is 0.421. The first-order valence-corrected chi connectivity index (χ1v) is 9.03. The van der Waals surface area contributed by atoms with Crippen LogP contribution in [0.15, 0.2) is 27.6 Å². The maximum Gasteiger partial charge on any atom is 0.276 e. The minimum Gasteiger partial charge on any atom is -0.364 e. The van der Waals surface area contributed by atoms with Crippen LogP contribution >= 0.6 is 0 Å². The summed E-state index contributed by atoms with van der Waals surface area (Å²) in [4.78, 5) is 23.4. The van der Waals surface area contributed by atoms with Crippen LogP contribution in [-0.4, -0.2) is 37.6 Å². The van der Waals surface area contributed by atoms with Crippen molar-refractivity contribution in [1.29, 1.82) is 0 Å². The lowest BCUT2D eigenvalue weighted by Gasteiger charge is -2.29. The predicted octanol–water partition coefficient (Wildman–Crippen LogP) is 2.83. The van der Waals surface area contributed by atoms with Gasteiger partial charge in [0.2, 0.25) is 11.7 Å². The van der Waals surface area contributed by atoms with Gasteiger partial charge in [0.15, 0.2) is 5.69 Å². The normalized spacial score (nSPS) is 13.9. The maximum absolute atomic E-state index is 12.5. The van der Waals surface area contributed by atoms with Crippen LogP contribution in [0.25, 0.3) is 11.4 Å². The summed E-state index contributed by atoms with van der Waals surface area (Å²) in [6.45, 7) is 7.23. The van der Waals surface area contributed by atoms with Crippen molar-refractivity contribution >= 4 is 5.91 Å². The zero-order valence-electron chi connectivity index (χ0n) is 15.6. The molecule has 0 atom stereocenters. The second kappa shape index (κ2) is 6.94. The summed E-state index contributed by atoms with van der Waals surface area (Å²) in [6, 6.07) is 1.58. The molecule has 0 radical (unpaired) electrons. The van der Waals surface area contributed by atoms with Gasteiger partial charge in [0.1, 0.15) is 6.26 Å². The molecule has 1 aliphatic heterocycles. The Hall–Kier alpha value is -3.03. The molecule has 4 heterocycles. The van der Waals surface area contributed by atoms with Crippen molar-refractivity contribution in [3.05, 3.63) is 46.9 Å². The molecular formula is C19H21N5O3. The van der Waals surface area contributed by atoms with E-state index in [0.717, 1.165) is 28.8 Å². The Balaban J connectivity index is 1.64. The van der Waals surface area contributed by atoms with Gasteiger partial charge in [-0.05, 0) is 30.4 Å². The van der Waals surface area contributed by atoms with Gasteiger partial charge in [-0.15, -0.1) is 0 Å². The van der Waals surface area contributed by atoms with E-state index in [2.05, 4.69) is 34.1 Å². The Labute approximate surface area is 156 Å². The largest absolute Gasteiger partial charge is 0.364 e. The predicted molar refractivity (Wildman–Crippen MR) is 95.8 cm³/mol. The topological polar surface area (TPSA) is 98.2 Å². The zero-order valence-corrected chi connectivity index (χ0v) is 15.6. The van der Waals surface area contributed by atoms with E-state index in [1.807, 2.05) is 13.1 Å². The number of fused-ring (bicyclic) bond motifs is 1. The summed E-state index contributed by atoms with van der Waals surface area (Å²) in [5.74, 6) is 1.51. The van der Waals surface area contributed by atoms with Crippen LogP contribution in [0.2, 0.25) is 0 Å². The molecule has 0 unspecified atom stereocenters. The average molecular weight is 367 g/mol. The van der Waals surface area contributed by atoms with Gasteiger partial charge in [-0.2, -0.15) is 4.98 Å². The first kappa shape index (κ1) is 17.4. The van der Waals surface area contributed by atoms with Crippen LogP contribution in [0.1, 0.15) is 47.0 Å². The number of hydrogen-bond acceptors (Lipinski definition) is 7. The maximum atomic E-state index is 12.5. The highest BCUT2D eigenvalue weighted by atomic mass is 16.5. The highest BCUT2D eigenvalue weighted by Gasteiger charge is 2.27. The van der Waals surface area contributed by atoms with Crippen LogP contribution < -0.4 is 0 Å². The molecule has 0 saturated heterocycles. The van der Waals surface area contributed by atoms with Crippen molar-refractivity contribution in [3.8, 4) is 11.4 Å². The number of hydrogen-bond donors (Lipinski definition) is 0. The Morgan fingerprint density at radius 1 is 1.33 bits per heavy atom. The minimum atomic E-state index is -0.143. The summed E-state index contributed by atoms with van der Waals surface area (Å²) in [5, 5.41) is 7.91. The number of amides is 1. The van der Waals surface area contributed by atoms with Crippen LogP contribution in [0.4, 0.5) is 0 Å². The van der Waals surface area contributed by atoms with Gasteiger partial charge in [0.05, 0.1) is 0 Å². The minimum absolute atomic E-state index is 0.143. The molecule has 0 aromatic carbocycles. The van der Waals surface area contributed by atoms with E-state index in [4.69, 9.17) is 9.05 Å². The summed E-state index contributed by atoms with van der Waals surface area (Å²) in [5.41, 5.74) is 4.22. The molecule has 8 nitrogen and oxygen atoms in total. The lowest BCUT2D eigenvalue weighted by atomic mass is 9.94. The molecule has 0 N–H and O–H groups in total. The highest BCUT2D eigenvalue weighted by molar-refractivity contribution is 5.92. The van der Waals surface area contributed by atoms with E-state index < -0.39 is 0 Å². The number of aryl methyl sites for hydroxylation is 1. The molecule has 1 amide bonds. The van der Waals surface area contributed by atoms with Crippen LogP contribution in [-0.2, 0) is 19.4 Å². The van der Waals surface area contributed by atoms with Crippen LogP contribution in [0.5, 0.6) is 0 Å². The SMILES string of the molecule is Cc1ncc2c(c1-c1noc(CC(C)C)n1)CCN(C(=O)c1ccon1)C2. The lowest BCUT2D eigenvalue weighted by molar-refractivity contribution is 0.0724. The van der Waals surface area contributed by atoms with Gasteiger partial charge in [0, 0.05) is 43.0 Å². The van der Waals surface area contributed by atoms with Gasteiger partial charge < -0.3 is 13.9 Å². The van der Waals surface area contributed by atoms with Crippen molar-refractivity contribution in [2.45, 2.75) is 40.2 Å². The molecule has 0 bridgehead atoms. The Morgan fingerprint density at radius 3 is 2.93 bits per heavy atom.